The molecule has 4 nitrogen and oxygen atoms in total. The average Bonchev–Trinajstić information content (AvgIpc) is 2.72. The lowest BCUT2D eigenvalue weighted by molar-refractivity contribution is 0.0487. The number of hydrogen-bond donors (Lipinski definition) is 1. The van der Waals surface area contributed by atoms with Crippen molar-refractivity contribution in [3.63, 3.8) is 0 Å². The Kier molecular flexibility index (Phi) is 5.29. The number of rotatable bonds is 4. The number of carbonyl (C=O) groups excluding carboxylic acids is 1. The fourth-order valence-electron chi connectivity index (χ4n) is 3.81. The maximum absolute atomic E-state index is 13.4. The van der Waals surface area contributed by atoms with E-state index in [0.717, 1.165) is 23.8 Å². The van der Waals surface area contributed by atoms with Crippen molar-refractivity contribution in [2.24, 2.45) is 0 Å². The highest BCUT2D eigenvalue weighted by atomic mass is 35.5. The summed E-state index contributed by atoms with van der Waals surface area (Å²) in [6.07, 6.45) is 1.52. The molecule has 0 unspecified atom stereocenters. The summed E-state index contributed by atoms with van der Waals surface area (Å²) < 4.78 is 18.9. The first-order valence-corrected chi connectivity index (χ1v) is 9.62. The number of halogens is 2. The normalized spacial score (nSPS) is 16.1. The Labute approximate surface area is 167 Å². The van der Waals surface area contributed by atoms with Crippen LogP contribution in [-0.2, 0) is 10.2 Å². The third-order valence-corrected chi connectivity index (χ3v) is 5.62. The minimum absolute atomic E-state index is 0.200. The Balaban J connectivity index is 1.61. The monoisotopic (exact) mass is 398 g/mol. The molecule has 144 valence electrons. The van der Waals surface area contributed by atoms with Crippen LogP contribution >= 0.6 is 11.6 Å². The van der Waals surface area contributed by atoms with Crippen LogP contribution in [-0.4, -0.2) is 30.6 Å². The molecule has 0 spiro atoms. The van der Waals surface area contributed by atoms with Crippen LogP contribution < -0.4 is 5.32 Å². The molecule has 1 aliphatic heterocycles. The standard InChI is InChI=1S/C22H20ClFN2O2/c23-20-13-18(17-3-1-2-4-19(17)26-20)21(27)25-14-22(9-11-28-12-10-22)15-5-7-16(24)8-6-15/h1-8,13H,9-12,14H2,(H,25,27). The zero-order valence-corrected chi connectivity index (χ0v) is 16.0. The first-order chi connectivity index (χ1) is 13.6. The zero-order chi connectivity index (χ0) is 19.6. The molecule has 28 heavy (non-hydrogen) atoms. The van der Waals surface area contributed by atoms with Crippen molar-refractivity contribution in [1.82, 2.24) is 10.3 Å². The van der Waals surface area contributed by atoms with Gasteiger partial charge in [-0.1, -0.05) is 41.9 Å². The van der Waals surface area contributed by atoms with Crippen molar-refractivity contribution in [3.8, 4) is 0 Å². The predicted molar refractivity (Wildman–Crippen MR) is 107 cm³/mol. The Morgan fingerprint density at radius 3 is 2.61 bits per heavy atom. The number of amides is 1. The number of benzene rings is 2. The van der Waals surface area contributed by atoms with E-state index in [1.54, 1.807) is 18.2 Å². The number of fused-ring (bicyclic) bond motifs is 1. The molecule has 2 aromatic carbocycles. The topological polar surface area (TPSA) is 51.2 Å². The summed E-state index contributed by atoms with van der Waals surface area (Å²) in [5.41, 5.74) is 1.90. The Morgan fingerprint density at radius 2 is 1.86 bits per heavy atom. The number of ether oxygens (including phenoxy) is 1. The predicted octanol–water partition coefficient (Wildman–Crippen LogP) is 4.51. The maximum atomic E-state index is 13.4. The van der Waals surface area contributed by atoms with E-state index in [0.29, 0.717) is 30.8 Å². The van der Waals surface area contributed by atoms with Crippen molar-refractivity contribution in [1.29, 1.82) is 0 Å². The van der Waals surface area contributed by atoms with Crippen LogP contribution in [0.3, 0.4) is 0 Å². The second kappa shape index (κ2) is 7.86. The second-order valence-corrected chi connectivity index (χ2v) is 7.48. The largest absolute Gasteiger partial charge is 0.381 e. The van der Waals surface area contributed by atoms with Gasteiger partial charge in [0, 0.05) is 30.6 Å². The second-order valence-electron chi connectivity index (χ2n) is 7.09. The van der Waals surface area contributed by atoms with Gasteiger partial charge >= 0.3 is 0 Å². The summed E-state index contributed by atoms with van der Waals surface area (Å²) >= 11 is 6.11. The van der Waals surface area contributed by atoms with Crippen LogP contribution in [0.2, 0.25) is 5.15 Å². The van der Waals surface area contributed by atoms with Gasteiger partial charge in [0.25, 0.3) is 5.91 Å². The minimum atomic E-state index is -0.283. The Bertz CT molecular complexity index is 1000. The quantitative estimate of drug-likeness (QED) is 0.658. The summed E-state index contributed by atoms with van der Waals surface area (Å²) in [4.78, 5) is 17.3. The third-order valence-electron chi connectivity index (χ3n) is 5.42. The van der Waals surface area contributed by atoms with Gasteiger partial charge in [0.1, 0.15) is 11.0 Å². The number of nitrogens with one attached hydrogen (secondary N) is 1. The van der Waals surface area contributed by atoms with Crippen LogP contribution in [0.5, 0.6) is 0 Å². The molecule has 1 fully saturated rings. The van der Waals surface area contributed by atoms with E-state index in [-0.39, 0.29) is 22.3 Å². The van der Waals surface area contributed by atoms with Gasteiger partial charge in [-0.3, -0.25) is 4.79 Å². The molecule has 1 N–H and O–H groups in total. The van der Waals surface area contributed by atoms with Gasteiger partial charge in [-0.25, -0.2) is 9.37 Å². The fourth-order valence-corrected chi connectivity index (χ4v) is 4.01. The van der Waals surface area contributed by atoms with Crippen molar-refractivity contribution in [2.45, 2.75) is 18.3 Å². The van der Waals surface area contributed by atoms with Crippen LogP contribution in [0, 0.1) is 5.82 Å². The Morgan fingerprint density at radius 1 is 1.14 bits per heavy atom. The molecule has 1 aromatic heterocycles. The molecule has 4 rings (SSSR count). The van der Waals surface area contributed by atoms with Crippen molar-refractivity contribution in [3.05, 3.63) is 76.7 Å². The van der Waals surface area contributed by atoms with Gasteiger partial charge in [0.2, 0.25) is 0 Å². The first kappa shape index (κ1) is 18.8. The summed E-state index contributed by atoms with van der Waals surface area (Å²) in [5.74, 6) is -0.471. The molecule has 1 saturated heterocycles. The average molecular weight is 399 g/mol. The van der Waals surface area contributed by atoms with Crippen LogP contribution in [0.25, 0.3) is 10.9 Å². The lowest BCUT2D eigenvalue weighted by atomic mass is 9.74. The summed E-state index contributed by atoms with van der Waals surface area (Å²) in [6.45, 7) is 1.66. The highest BCUT2D eigenvalue weighted by Crippen LogP contribution is 2.34. The van der Waals surface area contributed by atoms with E-state index < -0.39 is 0 Å². The number of hydrogen-bond acceptors (Lipinski definition) is 3. The van der Waals surface area contributed by atoms with E-state index in [1.807, 2.05) is 24.3 Å². The van der Waals surface area contributed by atoms with Crippen LogP contribution in [0.15, 0.2) is 54.6 Å². The summed E-state index contributed by atoms with van der Waals surface area (Å²) in [5, 5.41) is 4.10. The zero-order valence-electron chi connectivity index (χ0n) is 15.3. The molecular weight excluding hydrogens is 379 g/mol. The number of nitrogens with zero attached hydrogens (tertiary/aromatic N) is 1. The van der Waals surface area contributed by atoms with Gasteiger partial charge in [-0.05, 0) is 42.7 Å². The number of carbonyl (C=O) groups is 1. The van der Waals surface area contributed by atoms with Gasteiger partial charge in [-0.15, -0.1) is 0 Å². The van der Waals surface area contributed by atoms with E-state index in [2.05, 4.69) is 10.3 Å². The number of pyridine rings is 1. The maximum Gasteiger partial charge on any atom is 0.252 e. The lowest BCUT2D eigenvalue weighted by Gasteiger charge is -2.38. The molecule has 6 heteroatoms. The number of aromatic nitrogens is 1. The molecule has 0 atom stereocenters. The fraction of sp³-hybridized carbons (Fsp3) is 0.273. The van der Waals surface area contributed by atoms with E-state index in [9.17, 15) is 9.18 Å². The van der Waals surface area contributed by atoms with Crippen molar-refractivity contribution < 1.29 is 13.9 Å². The lowest BCUT2D eigenvalue weighted by Crippen LogP contribution is -2.44. The molecule has 0 radical (unpaired) electrons. The van der Waals surface area contributed by atoms with Gasteiger partial charge in [-0.2, -0.15) is 0 Å². The smallest absolute Gasteiger partial charge is 0.252 e. The van der Waals surface area contributed by atoms with E-state index in [4.69, 9.17) is 16.3 Å². The third kappa shape index (κ3) is 3.73. The van der Waals surface area contributed by atoms with Gasteiger partial charge < -0.3 is 10.1 Å². The number of para-hydroxylation sites is 1. The molecule has 0 aliphatic carbocycles. The summed E-state index contributed by atoms with van der Waals surface area (Å²) in [7, 11) is 0. The molecular formula is C22H20ClFN2O2. The molecule has 2 heterocycles. The first-order valence-electron chi connectivity index (χ1n) is 9.25. The Hall–Kier alpha value is -2.50. The van der Waals surface area contributed by atoms with Crippen molar-refractivity contribution in [2.75, 3.05) is 19.8 Å². The SMILES string of the molecule is O=C(NCC1(c2ccc(F)cc2)CCOCC1)c1cc(Cl)nc2ccccc12. The molecule has 0 bridgehead atoms. The molecule has 1 amide bonds. The van der Waals surface area contributed by atoms with E-state index in [1.165, 1.54) is 12.1 Å². The molecule has 1 aliphatic rings. The van der Waals surface area contributed by atoms with Gasteiger partial charge in [0.15, 0.2) is 0 Å². The van der Waals surface area contributed by atoms with Crippen LogP contribution in [0.1, 0.15) is 28.8 Å². The molecule has 0 saturated carbocycles. The molecule has 3 aromatic rings. The highest BCUT2D eigenvalue weighted by molar-refractivity contribution is 6.30. The highest BCUT2D eigenvalue weighted by Gasteiger charge is 2.35. The van der Waals surface area contributed by atoms with Crippen LogP contribution in [0.4, 0.5) is 4.39 Å². The minimum Gasteiger partial charge on any atom is -0.381 e. The van der Waals surface area contributed by atoms with Crippen molar-refractivity contribution >= 4 is 28.4 Å². The van der Waals surface area contributed by atoms with E-state index >= 15 is 0 Å². The summed E-state index contributed by atoms with van der Waals surface area (Å²) in [6, 6.07) is 15.5. The van der Waals surface area contributed by atoms with Gasteiger partial charge in [0.05, 0.1) is 11.1 Å².